The molecule has 2 aromatic carbocycles. The standard InChI is InChI=1S/C15H12BrF3N2O/c16-10-4-5-11-9(8-10)2-1-3-12(11)14(15(17,18)19)21-7-6-13(22)20-21/h1-5,8,14H,6-7H2,(H,20,22). The number of alkyl halides is 3. The maximum absolute atomic E-state index is 13.6. The summed E-state index contributed by atoms with van der Waals surface area (Å²) in [6.45, 7) is 0.0376. The third kappa shape index (κ3) is 2.83. The molecule has 1 aliphatic heterocycles. The molecule has 3 rings (SSSR count). The average molecular weight is 373 g/mol. The molecule has 0 radical (unpaired) electrons. The normalized spacial score (nSPS) is 17.7. The molecule has 22 heavy (non-hydrogen) atoms. The van der Waals surface area contributed by atoms with Gasteiger partial charge in [0, 0.05) is 17.4 Å². The summed E-state index contributed by atoms with van der Waals surface area (Å²) in [4.78, 5) is 11.3. The van der Waals surface area contributed by atoms with Crippen LogP contribution in [0.15, 0.2) is 40.9 Å². The average Bonchev–Trinajstić information content (AvgIpc) is 2.83. The van der Waals surface area contributed by atoms with E-state index in [1.165, 1.54) is 6.07 Å². The van der Waals surface area contributed by atoms with Crippen molar-refractivity contribution in [3.05, 3.63) is 46.4 Å². The summed E-state index contributed by atoms with van der Waals surface area (Å²) in [5.74, 6) is -0.391. The Balaban J connectivity index is 2.14. The minimum Gasteiger partial charge on any atom is -0.288 e. The Morgan fingerprint density at radius 3 is 2.64 bits per heavy atom. The van der Waals surface area contributed by atoms with E-state index in [1.807, 2.05) is 0 Å². The number of carbonyl (C=O) groups excluding carboxylic acids is 1. The Labute approximate surface area is 133 Å². The van der Waals surface area contributed by atoms with Crippen LogP contribution in [0.3, 0.4) is 0 Å². The van der Waals surface area contributed by atoms with E-state index in [1.54, 1.807) is 30.3 Å². The number of fused-ring (bicyclic) bond motifs is 1. The molecule has 3 nitrogen and oxygen atoms in total. The van der Waals surface area contributed by atoms with Gasteiger partial charge in [-0.3, -0.25) is 10.2 Å². The molecule has 0 spiro atoms. The molecule has 0 bridgehead atoms. The zero-order chi connectivity index (χ0) is 15.9. The fourth-order valence-electron chi connectivity index (χ4n) is 2.73. The number of halogens is 4. The summed E-state index contributed by atoms with van der Waals surface area (Å²) in [6, 6.07) is 8.10. The number of carbonyl (C=O) groups is 1. The molecule has 1 N–H and O–H groups in total. The minimum atomic E-state index is -4.49. The van der Waals surface area contributed by atoms with Crippen LogP contribution in [0.25, 0.3) is 10.8 Å². The topological polar surface area (TPSA) is 32.3 Å². The Hall–Kier alpha value is -1.60. The lowest BCUT2D eigenvalue weighted by molar-refractivity contribution is -0.190. The van der Waals surface area contributed by atoms with E-state index in [4.69, 9.17) is 0 Å². The highest BCUT2D eigenvalue weighted by Crippen LogP contribution is 2.40. The largest absolute Gasteiger partial charge is 0.409 e. The van der Waals surface area contributed by atoms with Crippen molar-refractivity contribution in [2.75, 3.05) is 6.54 Å². The second-order valence-electron chi connectivity index (χ2n) is 5.14. The summed E-state index contributed by atoms with van der Waals surface area (Å²) < 4.78 is 41.6. The first-order valence-electron chi connectivity index (χ1n) is 6.67. The van der Waals surface area contributed by atoms with Crippen LogP contribution in [0.2, 0.25) is 0 Å². The van der Waals surface area contributed by atoms with Crippen molar-refractivity contribution in [1.29, 1.82) is 0 Å². The van der Waals surface area contributed by atoms with Crippen LogP contribution >= 0.6 is 15.9 Å². The number of rotatable bonds is 2. The third-order valence-corrected chi connectivity index (χ3v) is 4.13. The zero-order valence-electron chi connectivity index (χ0n) is 11.3. The maximum Gasteiger partial charge on any atom is 0.409 e. The lowest BCUT2D eigenvalue weighted by atomic mass is 9.98. The summed E-state index contributed by atoms with van der Waals surface area (Å²) in [7, 11) is 0. The zero-order valence-corrected chi connectivity index (χ0v) is 12.9. The molecule has 0 aliphatic carbocycles. The highest BCUT2D eigenvalue weighted by molar-refractivity contribution is 9.10. The van der Waals surface area contributed by atoms with Crippen molar-refractivity contribution in [2.24, 2.45) is 0 Å². The van der Waals surface area contributed by atoms with Gasteiger partial charge in [-0.2, -0.15) is 13.2 Å². The van der Waals surface area contributed by atoms with E-state index in [2.05, 4.69) is 21.4 Å². The van der Waals surface area contributed by atoms with Gasteiger partial charge in [-0.15, -0.1) is 0 Å². The highest BCUT2D eigenvalue weighted by Gasteiger charge is 2.47. The second kappa shape index (κ2) is 5.55. The van der Waals surface area contributed by atoms with Crippen LogP contribution in [0.4, 0.5) is 13.2 Å². The monoisotopic (exact) mass is 372 g/mol. The van der Waals surface area contributed by atoms with Crippen LogP contribution in [0.1, 0.15) is 18.0 Å². The number of benzene rings is 2. The van der Waals surface area contributed by atoms with Gasteiger partial charge in [0.2, 0.25) is 5.91 Å². The van der Waals surface area contributed by atoms with E-state index < -0.39 is 18.1 Å². The molecule has 1 unspecified atom stereocenters. The molecular formula is C15H12BrF3N2O. The van der Waals surface area contributed by atoms with Gasteiger partial charge in [0.05, 0.1) is 0 Å². The first-order chi connectivity index (χ1) is 10.4. The quantitative estimate of drug-likeness (QED) is 0.865. The lowest BCUT2D eigenvalue weighted by Gasteiger charge is -2.30. The SMILES string of the molecule is O=C1CCN(C(c2cccc3cc(Br)ccc23)C(F)(F)F)N1. The van der Waals surface area contributed by atoms with Crippen molar-refractivity contribution in [3.63, 3.8) is 0 Å². The second-order valence-corrected chi connectivity index (χ2v) is 6.05. The number of amides is 1. The first-order valence-corrected chi connectivity index (χ1v) is 7.46. The molecule has 0 aromatic heterocycles. The Bertz CT molecular complexity index is 732. The Morgan fingerprint density at radius 2 is 2.00 bits per heavy atom. The van der Waals surface area contributed by atoms with Crippen LogP contribution in [-0.2, 0) is 4.79 Å². The van der Waals surface area contributed by atoms with Gasteiger partial charge < -0.3 is 0 Å². The Kier molecular flexibility index (Phi) is 3.86. The summed E-state index contributed by atoms with van der Waals surface area (Å²) in [5, 5.41) is 2.21. The van der Waals surface area contributed by atoms with Crippen molar-refractivity contribution in [1.82, 2.24) is 10.4 Å². The van der Waals surface area contributed by atoms with Crippen molar-refractivity contribution < 1.29 is 18.0 Å². The predicted molar refractivity (Wildman–Crippen MR) is 79.9 cm³/mol. The molecule has 1 fully saturated rings. The number of hydrazine groups is 1. The summed E-state index contributed by atoms with van der Waals surface area (Å²) in [6.07, 6.45) is -4.41. The molecule has 1 saturated heterocycles. The van der Waals surface area contributed by atoms with Crippen LogP contribution in [0, 0.1) is 0 Å². The highest BCUT2D eigenvalue weighted by atomic mass is 79.9. The maximum atomic E-state index is 13.6. The van der Waals surface area contributed by atoms with Crippen LogP contribution in [-0.4, -0.2) is 23.6 Å². The molecule has 1 amide bonds. The van der Waals surface area contributed by atoms with Gasteiger partial charge in [-0.1, -0.05) is 40.2 Å². The van der Waals surface area contributed by atoms with Crippen LogP contribution in [0.5, 0.6) is 0 Å². The number of hydrogen-bond donors (Lipinski definition) is 1. The van der Waals surface area contributed by atoms with Gasteiger partial charge in [0.15, 0.2) is 6.04 Å². The number of nitrogens with zero attached hydrogens (tertiary/aromatic N) is 1. The predicted octanol–water partition coefficient (Wildman–Crippen LogP) is 3.94. The fourth-order valence-corrected chi connectivity index (χ4v) is 3.11. The van der Waals surface area contributed by atoms with Gasteiger partial charge in [-0.25, -0.2) is 5.01 Å². The van der Waals surface area contributed by atoms with Gasteiger partial charge in [0.1, 0.15) is 0 Å². The molecule has 7 heteroatoms. The fraction of sp³-hybridized carbons (Fsp3) is 0.267. The van der Waals surface area contributed by atoms with Gasteiger partial charge >= 0.3 is 6.18 Å². The number of hydrogen-bond acceptors (Lipinski definition) is 2. The van der Waals surface area contributed by atoms with Crippen molar-refractivity contribution in [3.8, 4) is 0 Å². The molecule has 0 saturated carbocycles. The summed E-state index contributed by atoms with van der Waals surface area (Å²) in [5.41, 5.74) is 2.44. The Morgan fingerprint density at radius 1 is 1.23 bits per heavy atom. The van der Waals surface area contributed by atoms with E-state index in [9.17, 15) is 18.0 Å². The van der Waals surface area contributed by atoms with Crippen LogP contribution < -0.4 is 5.43 Å². The van der Waals surface area contributed by atoms with E-state index in [-0.39, 0.29) is 18.5 Å². The number of nitrogens with one attached hydrogen (secondary N) is 1. The molecule has 1 aliphatic rings. The third-order valence-electron chi connectivity index (χ3n) is 3.64. The molecule has 1 heterocycles. The van der Waals surface area contributed by atoms with E-state index in [0.717, 1.165) is 9.48 Å². The molecular weight excluding hydrogens is 361 g/mol. The first kappa shape index (κ1) is 15.3. The van der Waals surface area contributed by atoms with Crippen molar-refractivity contribution in [2.45, 2.75) is 18.6 Å². The molecule has 116 valence electrons. The van der Waals surface area contributed by atoms with Gasteiger partial charge in [-0.05, 0) is 28.5 Å². The van der Waals surface area contributed by atoms with Crippen molar-refractivity contribution >= 4 is 32.6 Å². The van der Waals surface area contributed by atoms with E-state index in [0.29, 0.717) is 10.8 Å². The van der Waals surface area contributed by atoms with Gasteiger partial charge in [0.25, 0.3) is 0 Å². The van der Waals surface area contributed by atoms with E-state index >= 15 is 0 Å². The smallest absolute Gasteiger partial charge is 0.288 e. The lowest BCUT2D eigenvalue weighted by Crippen LogP contribution is -2.43. The summed E-state index contributed by atoms with van der Waals surface area (Å²) >= 11 is 3.32. The molecule has 1 atom stereocenters. The molecule has 2 aromatic rings. The minimum absolute atomic E-state index is 0.0376.